The number of alkyl halides is 3. The first-order valence-electron chi connectivity index (χ1n) is 10.4. The molecule has 1 fully saturated rings. The Labute approximate surface area is 174 Å². The Hall–Kier alpha value is -1.99. The van der Waals surface area contributed by atoms with E-state index in [1.807, 2.05) is 20.8 Å². The highest BCUT2D eigenvalue weighted by Gasteiger charge is 2.45. The minimum atomic E-state index is -4.48. The van der Waals surface area contributed by atoms with Gasteiger partial charge in [-0.2, -0.15) is 13.2 Å². The van der Waals surface area contributed by atoms with E-state index < -0.39 is 23.9 Å². The Morgan fingerprint density at radius 1 is 1.20 bits per heavy atom. The number of rotatable bonds is 3. The molecule has 0 saturated heterocycles. The average molecular weight is 420 g/mol. The van der Waals surface area contributed by atoms with Gasteiger partial charge < -0.3 is 10.2 Å². The van der Waals surface area contributed by atoms with Gasteiger partial charge in [-0.3, -0.25) is 9.97 Å². The summed E-state index contributed by atoms with van der Waals surface area (Å²) in [7, 11) is 0. The van der Waals surface area contributed by atoms with Gasteiger partial charge in [-0.1, -0.05) is 20.3 Å². The first kappa shape index (κ1) is 21.2. The van der Waals surface area contributed by atoms with Gasteiger partial charge in [0.2, 0.25) is 0 Å². The van der Waals surface area contributed by atoms with E-state index in [1.54, 1.807) is 0 Å². The molecule has 1 unspecified atom stereocenters. The van der Waals surface area contributed by atoms with Crippen molar-refractivity contribution in [2.75, 3.05) is 0 Å². The molecule has 1 saturated carbocycles. The molecule has 7 heteroatoms. The van der Waals surface area contributed by atoms with E-state index in [0.717, 1.165) is 48.3 Å². The number of hydrogen-bond donors (Lipinski definition) is 2. The van der Waals surface area contributed by atoms with Crippen LogP contribution in [0.1, 0.15) is 97.0 Å². The van der Waals surface area contributed by atoms with Crippen LogP contribution in [0.2, 0.25) is 0 Å². The lowest BCUT2D eigenvalue weighted by Crippen LogP contribution is -2.38. The molecule has 2 atom stereocenters. The predicted octanol–water partition coefficient (Wildman–Crippen LogP) is 5.16. The second kappa shape index (κ2) is 7.31. The highest BCUT2D eigenvalue weighted by molar-refractivity contribution is 5.47. The van der Waals surface area contributed by atoms with Crippen LogP contribution >= 0.6 is 0 Å². The molecule has 2 aliphatic rings. The third kappa shape index (κ3) is 3.52. The highest BCUT2D eigenvalue weighted by Crippen LogP contribution is 2.54. The molecule has 0 bridgehead atoms. The van der Waals surface area contributed by atoms with E-state index in [0.29, 0.717) is 17.7 Å². The lowest BCUT2D eigenvalue weighted by Gasteiger charge is -2.47. The summed E-state index contributed by atoms with van der Waals surface area (Å²) in [6.45, 7) is 5.81. The van der Waals surface area contributed by atoms with Crippen LogP contribution < -0.4 is 0 Å². The fourth-order valence-corrected chi connectivity index (χ4v) is 5.06. The van der Waals surface area contributed by atoms with Gasteiger partial charge in [0.05, 0.1) is 17.4 Å². The number of fused-ring (bicyclic) bond motifs is 1. The molecule has 0 amide bonds. The fraction of sp³-hybridized carbons (Fsp3) is 0.565. The van der Waals surface area contributed by atoms with Gasteiger partial charge in [-0.05, 0) is 61.6 Å². The maximum absolute atomic E-state index is 12.9. The van der Waals surface area contributed by atoms with Crippen molar-refractivity contribution in [2.24, 2.45) is 5.41 Å². The first-order chi connectivity index (χ1) is 14.0. The van der Waals surface area contributed by atoms with Crippen LogP contribution in [-0.2, 0) is 12.6 Å². The van der Waals surface area contributed by atoms with Crippen LogP contribution in [0.25, 0.3) is 0 Å². The quantitative estimate of drug-likeness (QED) is 0.720. The summed E-state index contributed by atoms with van der Waals surface area (Å²) >= 11 is 0. The van der Waals surface area contributed by atoms with Crippen LogP contribution in [0.15, 0.2) is 18.3 Å². The fourth-order valence-electron chi connectivity index (χ4n) is 5.06. The van der Waals surface area contributed by atoms with Crippen LogP contribution in [0.4, 0.5) is 13.2 Å². The Morgan fingerprint density at radius 3 is 2.40 bits per heavy atom. The molecule has 162 valence electrons. The van der Waals surface area contributed by atoms with Gasteiger partial charge in [0.25, 0.3) is 0 Å². The van der Waals surface area contributed by atoms with Crippen molar-refractivity contribution >= 4 is 0 Å². The number of hydrogen-bond acceptors (Lipinski definition) is 4. The summed E-state index contributed by atoms with van der Waals surface area (Å²) in [5.74, 6) is 0.00417. The summed E-state index contributed by atoms with van der Waals surface area (Å²) in [5.41, 5.74) is 3.08. The lowest BCUT2D eigenvalue weighted by molar-refractivity contribution is -0.137. The maximum atomic E-state index is 12.9. The molecule has 1 spiro atoms. The third-order valence-corrected chi connectivity index (χ3v) is 6.78. The third-order valence-electron chi connectivity index (χ3n) is 6.78. The van der Waals surface area contributed by atoms with E-state index in [2.05, 4.69) is 4.98 Å². The Balaban J connectivity index is 1.78. The number of nitrogens with zero attached hydrogens (tertiary/aromatic N) is 2. The summed E-state index contributed by atoms with van der Waals surface area (Å²) in [5, 5.41) is 22.0. The molecule has 4 nitrogen and oxygen atoms in total. The monoisotopic (exact) mass is 420 g/mol. The van der Waals surface area contributed by atoms with Crippen molar-refractivity contribution in [3.05, 3.63) is 57.7 Å². The number of pyridine rings is 2. The molecule has 2 aliphatic carbocycles. The summed E-state index contributed by atoms with van der Waals surface area (Å²) in [6.07, 6.45) is -0.707. The second-order valence-electron chi connectivity index (χ2n) is 9.17. The highest BCUT2D eigenvalue weighted by atomic mass is 19.4. The zero-order chi connectivity index (χ0) is 21.8. The molecule has 0 aromatic carbocycles. The molecular weight excluding hydrogens is 393 g/mol. The Kier molecular flexibility index (Phi) is 5.18. The topological polar surface area (TPSA) is 66.2 Å². The Morgan fingerprint density at radius 2 is 1.90 bits per heavy atom. The van der Waals surface area contributed by atoms with E-state index in [1.165, 1.54) is 12.5 Å². The minimum absolute atomic E-state index is 0.00417. The number of aliphatic hydroxyl groups excluding tert-OH is 2. The van der Waals surface area contributed by atoms with E-state index in [-0.39, 0.29) is 17.0 Å². The van der Waals surface area contributed by atoms with Gasteiger partial charge in [0.15, 0.2) is 0 Å². The average Bonchev–Trinajstić information content (AvgIpc) is 2.64. The number of halogens is 3. The number of aliphatic hydroxyl groups is 2. The van der Waals surface area contributed by atoms with Crippen molar-refractivity contribution in [3.63, 3.8) is 0 Å². The lowest BCUT2D eigenvalue weighted by atomic mass is 9.59. The van der Waals surface area contributed by atoms with Crippen LogP contribution in [0.3, 0.4) is 0 Å². The van der Waals surface area contributed by atoms with Crippen molar-refractivity contribution in [3.8, 4) is 0 Å². The molecule has 30 heavy (non-hydrogen) atoms. The van der Waals surface area contributed by atoms with Gasteiger partial charge >= 0.3 is 6.18 Å². The van der Waals surface area contributed by atoms with E-state index in [9.17, 15) is 23.4 Å². The second-order valence-corrected chi connectivity index (χ2v) is 9.17. The standard InChI is InChI=1S/C23H27F3N2O2/c1-12(2)20-19(21(30)15-6-5-14(11-27-15)23(24,25)26)13(3)18-16(28-20)9-22(7-4-8-22)10-17(18)29/h5-6,11-12,17,21,29-30H,4,7-10H2,1-3H3/t17?,21-/m0/s1. The zero-order valence-corrected chi connectivity index (χ0v) is 17.4. The van der Waals surface area contributed by atoms with Gasteiger partial charge in [0.1, 0.15) is 6.10 Å². The molecule has 0 aliphatic heterocycles. The zero-order valence-electron chi connectivity index (χ0n) is 17.4. The summed E-state index contributed by atoms with van der Waals surface area (Å²) in [6, 6.07) is 2.13. The number of aromatic nitrogens is 2. The molecule has 2 heterocycles. The molecule has 2 aromatic rings. The van der Waals surface area contributed by atoms with Crippen LogP contribution in [0, 0.1) is 12.3 Å². The molecule has 0 radical (unpaired) electrons. The van der Waals surface area contributed by atoms with E-state index in [4.69, 9.17) is 4.98 Å². The largest absolute Gasteiger partial charge is 0.417 e. The Bertz CT molecular complexity index is 950. The van der Waals surface area contributed by atoms with Gasteiger partial charge in [0, 0.05) is 28.7 Å². The van der Waals surface area contributed by atoms with Gasteiger partial charge in [-0.15, -0.1) is 0 Å². The maximum Gasteiger partial charge on any atom is 0.417 e. The van der Waals surface area contributed by atoms with E-state index >= 15 is 0 Å². The predicted molar refractivity (Wildman–Crippen MR) is 106 cm³/mol. The first-order valence-corrected chi connectivity index (χ1v) is 10.4. The minimum Gasteiger partial charge on any atom is -0.388 e. The summed E-state index contributed by atoms with van der Waals surface area (Å²) in [4.78, 5) is 8.76. The van der Waals surface area contributed by atoms with Crippen molar-refractivity contribution in [2.45, 2.75) is 77.2 Å². The normalized spacial score (nSPS) is 21.4. The molecule has 2 N–H and O–H groups in total. The van der Waals surface area contributed by atoms with Crippen molar-refractivity contribution in [1.82, 2.24) is 9.97 Å². The van der Waals surface area contributed by atoms with Crippen molar-refractivity contribution in [1.29, 1.82) is 0 Å². The van der Waals surface area contributed by atoms with Crippen molar-refractivity contribution < 1.29 is 23.4 Å². The SMILES string of the molecule is Cc1c2c(nc(C(C)C)c1[C@@H](O)c1ccc(C(F)(F)F)cn1)CC1(CCC1)CC2O. The molecular formula is C23H27F3N2O2. The molecule has 4 rings (SSSR count). The van der Waals surface area contributed by atoms with Crippen LogP contribution in [0.5, 0.6) is 0 Å². The van der Waals surface area contributed by atoms with Crippen LogP contribution in [-0.4, -0.2) is 20.2 Å². The smallest absolute Gasteiger partial charge is 0.388 e. The van der Waals surface area contributed by atoms with Gasteiger partial charge in [-0.25, -0.2) is 0 Å². The molecule has 2 aromatic heterocycles. The summed E-state index contributed by atoms with van der Waals surface area (Å²) < 4.78 is 38.6.